The predicted octanol–water partition coefficient (Wildman–Crippen LogP) is 3.80. The van der Waals surface area contributed by atoms with Crippen LogP contribution >= 0.6 is 0 Å². The fraction of sp³-hybridized carbons (Fsp3) is 0.471. The first-order valence-corrected chi connectivity index (χ1v) is 7.37. The van der Waals surface area contributed by atoms with Crippen molar-refractivity contribution >= 4 is 17.7 Å². The van der Waals surface area contributed by atoms with Gasteiger partial charge < -0.3 is 10.0 Å². The minimum atomic E-state index is -0.913. The molecule has 2 rings (SSSR count). The molecule has 3 nitrogen and oxygen atoms in total. The van der Waals surface area contributed by atoms with Crippen LogP contribution in [-0.4, -0.2) is 24.7 Å². The summed E-state index contributed by atoms with van der Waals surface area (Å²) >= 11 is 0. The highest BCUT2D eigenvalue weighted by Gasteiger charge is 2.15. The van der Waals surface area contributed by atoms with Crippen LogP contribution in [0, 0.1) is 5.92 Å². The lowest BCUT2D eigenvalue weighted by atomic mass is 9.89. The summed E-state index contributed by atoms with van der Waals surface area (Å²) in [5.41, 5.74) is 2.12. The zero-order chi connectivity index (χ0) is 14.4. The van der Waals surface area contributed by atoms with Crippen molar-refractivity contribution in [2.75, 3.05) is 18.5 Å². The zero-order valence-corrected chi connectivity index (χ0v) is 12.1. The third-order valence-corrected chi connectivity index (χ3v) is 4.01. The van der Waals surface area contributed by atoms with Gasteiger partial charge in [-0.15, -0.1) is 0 Å². The van der Waals surface area contributed by atoms with Gasteiger partial charge in [0.25, 0.3) is 0 Å². The molecule has 0 atom stereocenters. The molecule has 0 aromatic heterocycles. The Kier molecular flexibility index (Phi) is 5.22. The molecule has 0 aliphatic heterocycles. The van der Waals surface area contributed by atoms with E-state index in [1.165, 1.54) is 43.9 Å². The van der Waals surface area contributed by atoms with Gasteiger partial charge in [-0.3, -0.25) is 0 Å². The first-order valence-electron chi connectivity index (χ1n) is 7.37. The van der Waals surface area contributed by atoms with Crippen LogP contribution in [0.4, 0.5) is 5.69 Å². The zero-order valence-electron chi connectivity index (χ0n) is 12.1. The number of carbonyl (C=O) groups is 1. The number of anilines is 1. The smallest absolute Gasteiger partial charge is 0.328 e. The molecule has 0 spiro atoms. The summed E-state index contributed by atoms with van der Waals surface area (Å²) < 4.78 is 0. The first kappa shape index (κ1) is 14.6. The van der Waals surface area contributed by atoms with E-state index < -0.39 is 5.97 Å². The predicted molar refractivity (Wildman–Crippen MR) is 83.0 cm³/mol. The molecule has 1 fully saturated rings. The second-order valence-electron chi connectivity index (χ2n) is 5.65. The molecule has 1 aliphatic carbocycles. The second-order valence-corrected chi connectivity index (χ2v) is 5.65. The van der Waals surface area contributed by atoms with Gasteiger partial charge in [0.15, 0.2) is 0 Å². The second kappa shape index (κ2) is 7.13. The van der Waals surface area contributed by atoms with E-state index in [4.69, 9.17) is 5.11 Å². The Balaban J connectivity index is 1.92. The minimum Gasteiger partial charge on any atom is -0.478 e. The molecule has 1 aromatic carbocycles. The van der Waals surface area contributed by atoms with Crippen LogP contribution in [0.3, 0.4) is 0 Å². The highest BCUT2D eigenvalue weighted by molar-refractivity contribution is 5.85. The molecule has 3 heteroatoms. The van der Waals surface area contributed by atoms with Crippen molar-refractivity contribution < 1.29 is 9.90 Å². The number of benzene rings is 1. The highest BCUT2D eigenvalue weighted by atomic mass is 16.4. The molecule has 0 bridgehead atoms. The van der Waals surface area contributed by atoms with E-state index >= 15 is 0 Å². The number of hydrogen-bond acceptors (Lipinski definition) is 2. The largest absolute Gasteiger partial charge is 0.478 e. The van der Waals surface area contributed by atoms with E-state index in [1.807, 2.05) is 12.1 Å². The van der Waals surface area contributed by atoms with Gasteiger partial charge in [-0.25, -0.2) is 4.79 Å². The van der Waals surface area contributed by atoms with Crippen molar-refractivity contribution in [3.8, 4) is 0 Å². The molecule has 20 heavy (non-hydrogen) atoms. The molecule has 0 saturated heterocycles. The maximum atomic E-state index is 10.5. The fourth-order valence-corrected chi connectivity index (χ4v) is 2.87. The number of aliphatic carboxylic acids is 1. The molecule has 1 aliphatic rings. The molecule has 1 aromatic rings. The van der Waals surface area contributed by atoms with Crippen LogP contribution in [0.5, 0.6) is 0 Å². The van der Waals surface area contributed by atoms with Crippen molar-refractivity contribution in [3.05, 3.63) is 35.9 Å². The first-order chi connectivity index (χ1) is 9.65. The summed E-state index contributed by atoms with van der Waals surface area (Å²) in [4.78, 5) is 12.8. The van der Waals surface area contributed by atoms with Crippen LogP contribution in [0.2, 0.25) is 0 Å². The SMILES string of the molecule is CN(CC1CCCCC1)c1ccc(C=CC(=O)O)cc1. The van der Waals surface area contributed by atoms with E-state index in [1.54, 1.807) is 6.08 Å². The number of nitrogens with zero attached hydrogens (tertiary/aromatic N) is 1. The summed E-state index contributed by atoms with van der Waals surface area (Å²) in [5.74, 6) is -0.0937. The summed E-state index contributed by atoms with van der Waals surface area (Å²) in [7, 11) is 2.14. The Bertz CT molecular complexity index is 458. The van der Waals surface area contributed by atoms with Gasteiger partial charge >= 0.3 is 5.97 Å². The lowest BCUT2D eigenvalue weighted by Crippen LogP contribution is -2.26. The van der Waals surface area contributed by atoms with Crippen LogP contribution < -0.4 is 4.90 Å². The molecule has 1 saturated carbocycles. The van der Waals surface area contributed by atoms with Crippen LogP contribution in [0.25, 0.3) is 6.08 Å². The lowest BCUT2D eigenvalue weighted by Gasteiger charge is -2.28. The van der Waals surface area contributed by atoms with Gasteiger partial charge in [-0.2, -0.15) is 0 Å². The van der Waals surface area contributed by atoms with Crippen molar-refractivity contribution in [1.29, 1.82) is 0 Å². The highest BCUT2D eigenvalue weighted by Crippen LogP contribution is 2.26. The van der Waals surface area contributed by atoms with Gasteiger partial charge in [0.05, 0.1) is 0 Å². The van der Waals surface area contributed by atoms with Gasteiger partial charge in [-0.1, -0.05) is 31.4 Å². The Morgan fingerprint density at radius 3 is 2.50 bits per heavy atom. The molecule has 1 N–H and O–H groups in total. The maximum Gasteiger partial charge on any atom is 0.328 e. The Morgan fingerprint density at radius 2 is 1.90 bits per heavy atom. The topological polar surface area (TPSA) is 40.5 Å². The molecule has 0 unspecified atom stereocenters. The van der Waals surface area contributed by atoms with Gasteiger partial charge in [-0.05, 0) is 42.5 Å². The van der Waals surface area contributed by atoms with E-state index in [9.17, 15) is 4.79 Å². The Labute approximate surface area is 120 Å². The lowest BCUT2D eigenvalue weighted by molar-refractivity contribution is -0.131. The Morgan fingerprint density at radius 1 is 1.25 bits per heavy atom. The van der Waals surface area contributed by atoms with E-state index in [0.717, 1.165) is 18.0 Å². The third kappa shape index (κ3) is 4.41. The summed E-state index contributed by atoms with van der Waals surface area (Å²) in [6.07, 6.45) is 9.63. The number of hydrogen-bond donors (Lipinski definition) is 1. The molecule has 108 valence electrons. The van der Waals surface area contributed by atoms with Crippen molar-refractivity contribution in [2.45, 2.75) is 32.1 Å². The fourth-order valence-electron chi connectivity index (χ4n) is 2.87. The quantitative estimate of drug-likeness (QED) is 0.829. The number of carboxylic acids is 1. The maximum absolute atomic E-state index is 10.5. The average Bonchev–Trinajstić information content (AvgIpc) is 2.46. The summed E-state index contributed by atoms with van der Waals surface area (Å²) in [5, 5.41) is 8.60. The van der Waals surface area contributed by atoms with E-state index in [2.05, 4.69) is 24.1 Å². The number of carboxylic acid groups (broad SMARTS) is 1. The van der Waals surface area contributed by atoms with E-state index in [0.29, 0.717) is 0 Å². The van der Waals surface area contributed by atoms with Crippen LogP contribution in [-0.2, 0) is 4.79 Å². The molecular formula is C17H23NO2. The third-order valence-electron chi connectivity index (χ3n) is 4.01. The van der Waals surface area contributed by atoms with Crippen molar-refractivity contribution in [1.82, 2.24) is 0 Å². The van der Waals surface area contributed by atoms with Gasteiger partial charge in [0.2, 0.25) is 0 Å². The number of rotatable bonds is 5. The average molecular weight is 273 g/mol. The molecule has 0 heterocycles. The normalized spacial score (nSPS) is 16.4. The van der Waals surface area contributed by atoms with Crippen LogP contribution in [0.1, 0.15) is 37.7 Å². The van der Waals surface area contributed by atoms with Gasteiger partial charge in [0, 0.05) is 25.4 Å². The molecule has 0 radical (unpaired) electrons. The minimum absolute atomic E-state index is 0.820. The summed E-state index contributed by atoms with van der Waals surface area (Å²) in [6, 6.07) is 8.05. The van der Waals surface area contributed by atoms with Crippen LogP contribution in [0.15, 0.2) is 30.3 Å². The standard InChI is InChI=1S/C17H23NO2/c1-18(13-15-5-3-2-4-6-15)16-10-7-14(8-11-16)9-12-17(19)20/h7-12,15H,2-6,13H2,1H3,(H,19,20). The van der Waals surface area contributed by atoms with Gasteiger partial charge in [0.1, 0.15) is 0 Å². The van der Waals surface area contributed by atoms with Crippen molar-refractivity contribution in [3.63, 3.8) is 0 Å². The summed E-state index contributed by atoms with van der Waals surface area (Å²) in [6.45, 7) is 1.12. The molecular weight excluding hydrogens is 250 g/mol. The van der Waals surface area contributed by atoms with Crippen molar-refractivity contribution in [2.24, 2.45) is 5.92 Å². The monoisotopic (exact) mass is 273 g/mol. The van der Waals surface area contributed by atoms with E-state index in [-0.39, 0.29) is 0 Å². The molecule has 0 amide bonds. The Hall–Kier alpha value is -1.77.